The molecule has 80 valence electrons. The van der Waals surface area contributed by atoms with E-state index in [0.29, 0.717) is 16.9 Å². The fraction of sp³-hybridized carbons (Fsp3) is 0.333. The number of rotatable bonds is 3. The van der Waals surface area contributed by atoms with E-state index in [1.54, 1.807) is 23.2 Å². The number of aromatic nitrogens is 3. The van der Waals surface area contributed by atoms with Gasteiger partial charge in [-0.3, -0.25) is 0 Å². The van der Waals surface area contributed by atoms with Gasteiger partial charge in [0.2, 0.25) is 0 Å². The summed E-state index contributed by atoms with van der Waals surface area (Å²) in [5, 5.41) is 18.0. The highest BCUT2D eigenvalue weighted by molar-refractivity contribution is 5.83. The van der Waals surface area contributed by atoms with Crippen LogP contribution in [0.25, 0.3) is 11.2 Å². The maximum Gasteiger partial charge on any atom is 0.162 e. The van der Waals surface area contributed by atoms with Gasteiger partial charge in [-0.15, -0.1) is 0 Å². The van der Waals surface area contributed by atoms with Gasteiger partial charge in [0.05, 0.1) is 31.3 Å². The minimum absolute atomic E-state index is 0.253. The summed E-state index contributed by atoms with van der Waals surface area (Å²) in [6.07, 6.45) is 2.32. The van der Waals surface area contributed by atoms with Gasteiger partial charge in [-0.25, -0.2) is 9.97 Å². The summed E-state index contributed by atoms with van der Waals surface area (Å²) in [6.45, 7) is -0.0363. The lowest BCUT2D eigenvalue weighted by Crippen LogP contribution is -2.19. The summed E-state index contributed by atoms with van der Waals surface area (Å²) in [6, 6.07) is 1.67. The lowest BCUT2D eigenvalue weighted by molar-refractivity contribution is 0.0820. The molecule has 0 aliphatic heterocycles. The Hall–Kier alpha value is -1.66. The predicted molar refractivity (Wildman–Crippen MR) is 55.0 cm³/mol. The second kappa shape index (κ2) is 3.84. The molecule has 0 unspecified atom stereocenters. The van der Waals surface area contributed by atoms with E-state index in [1.165, 1.54) is 0 Å². The topological polar surface area (TPSA) is 97.2 Å². The predicted octanol–water partition coefficient (Wildman–Crippen LogP) is -0.633. The Morgan fingerprint density at radius 1 is 1.47 bits per heavy atom. The highest BCUT2D eigenvalue weighted by Gasteiger charge is 2.09. The van der Waals surface area contributed by atoms with E-state index in [2.05, 4.69) is 9.97 Å². The summed E-state index contributed by atoms with van der Waals surface area (Å²) in [5.41, 5.74) is 7.49. The van der Waals surface area contributed by atoms with Crippen LogP contribution >= 0.6 is 0 Å². The minimum Gasteiger partial charge on any atom is -0.397 e. The molecular formula is C9H12N4O2. The largest absolute Gasteiger partial charge is 0.397 e. The molecule has 0 spiro atoms. The van der Waals surface area contributed by atoms with E-state index in [9.17, 15) is 5.11 Å². The van der Waals surface area contributed by atoms with Crippen LogP contribution in [0, 0.1) is 0 Å². The van der Waals surface area contributed by atoms with Crippen molar-refractivity contribution in [2.75, 3.05) is 12.3 Å². The zero-order valence-corrected chi connectivity index (χ0v) is 8.04. The fourth-order valence-electron chi connectivity index (χ4n) is 1.40. The molecule has 6 heteroatoms. The van der Waals surface area contributed by atoms with Crippen LogP contribution in [0.4, 0.5) is 5.69 Å². The number of nitrogens with two attached hydrogens (primary N) is 1. The van der Waals surface area contributed by atoms with E-state index in [1.807, 2.05) is 0 Å². The summed E-state index contributed by atoms with van der Waals surface area (Å²) < 4.78 is 1.66. The van der Waals surface area contributed by atoms with Crippen LogP contribution in [0.2, 0.25) is 0 Å². The Morgan fingerprint density at radius 2 is 2.27 bits per heavy atom. The molecule has 6 nitrogen and oxygen atoms in total. The zero-order valence-electron chi connectivity index (χ0n) is 8.04. The first kappa shape index (κ1) is 9.88. The molecule has 2 aromatic rings. The number of imidazole rings is 1. The zero-order chi connectivity index (χ0) is 10.8. The lowest BCUT2D eigenvalue weighted by Gasteiger charge is -2.07. The normalized spacial score (nSPS) is 13.2. The van der Waals surface area contributed by atoms with Crippen LogP contribution in [0.15, 0.2) is 18.6 Å². The molecule has 2 rings (SSSR count). The number of pyridine rings is 1. The fourth-order valence-corrected chi connectivity index (χ4v) is 1.40. The van der Waals surface area contributed by atoms with Crippen molar-refractivity contribution in [2.45, 2.75) is 12.6 Å². The molecule has 0 amide bonds. The van der Waals surface area contributed by atoms with Crippen molar-refractivity contribution in [3.8, 4) is 0 Å². The Bertz CT molecular complexity index is 468. The van der Waals surface area contributed by atoms with Crippen LogP contribution in [-0.2, 0) is 6.54 Å². The highest BCUT2D eigenvalue weighted by atomic mass is 16.3. The Labute approximate surface area is 86.0 Å². The van der Waals surface area contributed by atoms with Gasteiger partial charge in [0, 0.05) is 6.20 Å². The van der Waals surface area contributed by atoms with E-state index in [0.717, 1.165) is 0 Å². The van der Waals surface area contributed by atoms with Gasteiger partial charge in [0.15, 0.2) is 5.65 Å². The third kappa shape index (κ3) is 1.77. The summed E-state index contributed by atoms with van der Waals surface area (Å²) in [4.78, 5) is 8.21. The van der Waals surface area contributed by atoms with Crippen molar-refractivity contribution in [3.63, 3.8) is 0 Å². The molecule has 0 fully saturated rings. The number of anilines is 1. The molecule has 0 aliphatic rings. The molecule has 1 atom stereocenters. The molecular weight excluding hydrogens is 196 g/mol. The average molecular weight is 208 g/mol. The van der Waals surface area contributed by atoms with Gasteiger partial charge in [-0.05, 0) is 6.07 Å². The first-order valence-corrected chi connectivity index (χ1v) is 4.56. The molecule has 2 aromatic heterocycles. The Kier molecular flexibility index (Phi) is 2.53. The van der Waals surface area contributed by atoms with Crippen molar-refractivity contribution < 1.29 is 10.2 Å². The van der Waals surface area contributed by atoms with Gasteiger partial charge in [0.25, 0.3) is 0 Å². The first-order valence-electron chi connectivity index (χ1n) is 4.56. The molecule has 2 heterocycles. The van der Waals surface area contributed by atoms with Crippen molar-refractivity contribution in [1.29, 1.82) is 0 Å². The maximum atomic E-state index is 9.30. The quantitative estimate of drug-likeness (QED) is 0.623. The SMILES string of the molecule is Nc1ccnc2c1ncn2C[C@H](O)CO. The van der Waals surface area contributed by atoms with E-state index in [-0.39, 0.29) is 13.2 Å². The first-order chi connectivity index (χ1) is 7.22. The second-order valence-electron chi connectivity index (χ2n) is 3.31. The molecule has 0 saturated carbocycles. The standard InChI is InChI=1S/C9H12N4O2/c10-7-1-2-11-9-8(7)12-5-13(9)3-6(15)4-14/h1-2,5-6,14-15H,3-4H2,(H2,10,11)/t6-/m0/s1. The summed E-state index contributed by atoms with van der Waals surface area (Å²) in [5.74, 6) is 0. The number of nitrogen functional groups attached to an aromatic ring is 1. The molecule has 0 aromatic carbocycles. The van der Waals surface area contributed by atoms with Crippen LogP contribution in [0.3, 0.4) is 0 Å². The van der Waals surface area contributed by atoms with Crippen molar-refractivity contribution >= 4 is 16.9 Å². The number of fused-ring (bicyclic) bond motifs is 1. The minimum atomic E-state index is -0.814. The van der Waals surface area contributed by atoms with Gasteiger partial charge in [0.1, 0.15) is 5.52 Å². The van der Waals surface area contributed by atoms with Gasteiger partial charge >= 0.3 is 0 Å². The summed E-state index contributed by atoms with van der Waals surface area (Å²) in [7, 11) is 0. The Balaban J connectivity index is 2.41. The average Bonchev–Trinajstić information content (AvgIpc) is 2.63. The van der Waals surface area contributed by atoms with Gasteiger partial charge < -0.3 is 20.5 Å². The smallest absolute Gasteiger partial charge is 0.162 e. The van der Waals surface area contributed by atoms with Crippen LogP contribution < -0.4 is 5.73 Å². The number of aliphatic hydroxyl groups excluding tert-OH is 2. The highest BCUT2D eigenvalue weighted by Crippen LogP contribution is 2.16. The third-order valence-corrected chi connectivity index (χ3v) is 2.15. The van der Waals surface area contributed by atoms with E-state index in [4.69, 9.17) is 10.8 Å². The third-order valence-electron chi connectivity index (χ3n) is 2.15. The molecule has 0 radical (unpaired) electrons. The molecule has 0 aliphatic carbocycles. The number of hydrogen-bond acceptors (Lipinski definition) is 5. The molecule has 4 N–H and O–H groups in total. The van der Waals surface area contributed by atoms with E-state index >= 15 is 0 Å². The lowest BCUT2D eigenvalue weighted by atomic mass is 10.3. The summed E-state index contributed by atoms with van der Waals surface area (Å²) >= 11 is 0. The number of aliphatic hydroxyl groups is 2. The van der Waals surface area contributed by atoms with Crippen LogP contribution in [0.5, 0.6) is 0 Å². The van der Waals surface area contributed by atoms with Crippen LogP contribution in [-0.4, -0.2) is 37.5 Å². The molecule has 0 bridgehead atoms. The van der Waals surface area contributed by atoms with E-state index < -0.39 is 6.10 Å². The van der Waals surface area contributed by atoms with Crippen LogP contribution in [0.1, 0.15) is 0 Å². The number of hydrogen-bond donors (Lipinski definition) is 3. The van der Waals surface area contributed by atoms with Crippen molar-refractivity contribution in [3.05, 3.63) is 18.6 Å². The Morgan fingerprint density at radius 3 is 3.00 bits per heavy atom. The monoisotopic (exact) mass is 208 g/mol. The second-order valence-corrected chi connectivity index (χ2v) is 3.31. The van der Waals surface area contributed by atoms with Crippen molar-refractivity contribution in [2.24, 2.45) is 0 Å². The molecule has 15 heavy (non-hydrogen) atoms. The van der Waals surface area contributed by atoms with Gasteiger partial charge in [-0.2, -0.15) is 0 Å². The van der Waals surface area contributed by atoms with Gasteiger partial charge in [-0.1, -0.05) is 0 Å². The van der Waals surface area contributed by atoms with Crippen molar-refractivity contribution in [1.82, 2.24) is 14.5 Å². The molecule has 0 saturated heterocycles. The maximum absolute atomic E-state index is 9.30. The number of nitrogens with zero attached hydrogens (tertiary/aromatic N) is 3.